The lowest BCUT2D eigenvalue weighted by Gasteiger charge is -2.38. The Balaban J connectivity index is 1.83. The van der Waals surface area contributed by atoms with Gasteiger partial charge in [-0.3, -0.25) is 28.9 Å². The molecule has 12 heteroatoms. The van der Waals surface area contributed by atoms with Gasteiger partial charge in [0, 0.05) is 43.8 Å². The summed E-state index contributed by atoms with van der Waals surface area (Å²) >= 11 is 1.28. The Hall–Kier alpha value is -3.64. The second-order valence-corrected chi connectivity index (χ2v) is 16.1. The number of likely N-dealkylation sites (tertiary alicyclic amines) is 1. The summed E-state index contributed by atoms with van der Waals surface area (Å²) in [7, 11) is 5.13. The minimum Gasteiger partial charge on any atom is -0.469 e. The maximum atomic E-state index is 14.3. The number of hydrogen-bond acceptors (Lipinski definition) is 9. The van der Waals surface area contributed by atoms with E-state index in [0.717, 1.165) is 31.4 Å². The molecule has 1 fully saturated rings. The number of Topliss-reactive ketones (excluding diaryl/α,β-unsaturated/α-hetero) is 1. The Morgan fingerprint density at radius 2 is 1.73 bits per heavy atom. The second-order valence-electron chi connectivity index (χ2n) is 15.3. The topological polar surface area (TPSA) is 138 Å². The molecular weight excluding hydrogens is 679 g/mol. The van der Waals surface area contributed by atoms with Gasteiger partial charge in [-0.05, 0) is 70.0 Å². The van der Waals surface area contributed by atoms with Crippen LogP contribution in [0.1, 0.15) is 114 Å². The van der Waals surface area contributed by atoms with Crippen molar-refractivity contribution in [2.24, 2.45) is 23.7 Å². The summed E-state index contributed by atoms with van der Waals surface area (Å²) in [4.78, 5) is 74.9. The Bertz CT molecular complexity index is 1510. The summed E-state index contributed by atoms with van der Waals surface area (Å²) in [6.07, 6.45) is 3.99. The van der Waals surface area contributed by atoms with Crippen molar-refractivity contribution < 1.29 is 28.7 Å². The van der Waals surface area contributed by atoms with Crippen LogP contribution in [-0.2, 0) is 30.3 Å². The molecule has 0 bridgehead atoms. The summed E-state index contributed by atoms with van der Waals surface area (Å²) in [5.74, 6) is -1.79. The number of carbonyl (C=O) groups is 5. The van der Waals surface area contributed by atoms with Crippen LogP contribution in [0.3, 0.4) is 0 Å². The number of amides is 3. The first-order valence-corrected chi connectivity index (χ1v) is 19.6. The lowest BCUT2D eigenvalue weighted by Crippen LogP contribution is -2.50. The molecule has 2 N–H and O–H groups in total. The summed E-state index contributed by atoms with van der Waals surface area (Å²) in [6, 6.07) is 8.55. The monoisotopic (exact) mass is 739 g/mol. The van der Waals surface area contributed by atoms with Crippen LogP contribution in [0.25, 0.3) is 0 Å². The standard InChI is InChI=1S/C40H61N5O6S/c1-11-26(4)31(22-35(47)40(7)18-15-19-44(40)8)38(49)45(9)34(25(2)3)23-32(41-28(6)46)37-43-33(24-52-37)36(48)42-30(20-27(5)39(50)51-10)21-29-16-13-12-14-17-29/h12-14,16-17,24-27,30-32,34H,11,15,18-23H2,1-10H3,(H,41,46)(H,42,48)/t26-,27-,30+,31-,32+,34+,40+/m0/s1. The van der Waals surface area contributed by atoms with Crippen molar-refractivity contribution in [3.05, 3.63) is 52.0 Å². The van der Waals surface area contributed by atoms with E-state index in [1.54, 1.807) is 24.3 Å². The average Bonchev–Trinajstić information content (AvgIpc) is 3.74. The number of likely N-dealkylation sites (N-methyl/N-ethyl adjacent to an activating group) is 1. The molecule has 1 aliphatic rings. The van der Waals surface area contributed by atoms with Crippen LogP contribution in [0.5, 0.6) is 0 Å². The van der Waals surface area contributed by atoms with Gasteiger partial charge in [-0.15, -0.1) is 11.3 Å². The van der Waals surface area contributed by atoms with Crippen molar-refractivity contribution in [3.63, 3.8) is 0 Å². The van der Waals surface area contributed by atoms with Crippen LogP contribution >= 0.6 is 11.3 Å². The molecule has 0 spiro atoms. The largest absolute Gasteiger partial charge is 0.469 e. The lowest BCUT2D eigenvalue weighted by molar-refractivity contribution is -0.145. The Kier molecular flexibility index (Phi) is 16.0. The van der Waals surface area contributed by atoms with Crippen LogP contribution in [0.15, 0.2) is 35.7 Å². The summed E-state index contributed by atoms with van der Waals surface area (Å²) in [5.41, 5.74) is 0.674. The third-order valence-electron chi connectivity index (χ3n) is 11.1. The fraction of sp³-hybridized carbons (Fsp3) is 0.650. The number of ether oxygens (including phenoxy) is 1. The zero-order valence-electron chi connectivity index (χ0n) is 32.9. The number of aromatic nitrogens is 1. The van der Waals surface area contributed by atoms with Gasteiger partial charge in [0.25, 0.3) is 5.91 Å². The molecule has 52 heavy (non-hydrogen) atoms. The number of nitrogens with one attached hydrogen (secondary N) is 2. The van der Waals surface area contributed by atoms with Crippen molar-refractivity contribution in [1.29, 1.82) is 0 Å². The Labute approximate surface area is 314 Å². The smallest absolute Gasteiger partial charge is 0.308 e. The number of ketones is 1. The zero-order chi connectivity index (χ0) is 38.7. The zero-order valence-corrected chi connectivity index (χ0v) is 33.7. The molecule has 2 heterocycles. The number of nitrogens with zero attached hydrogens (tertiary/aromatic N) is 3. The summed E-state index contributed by atoms with van der Waals surface area (Å²) in [5, 5.41) is 8.32. The van der Waals surface area contributed by atoms with Gasteiger partial charge in [0.2, 0.25) is 11.8 Å². The van der Waals surface area contributed by atoms with Gasteiger partial charge in [-0.2, -0.15) is 0 Å². The van der Waals surface area contributed by atoms with Gasteiger partial charge in [0.15, 0.2) is 5.78 Å². The molecule has 0 aliphatic carbocycles. The molecule has 0 unspecified atom stereocenters. The van der Waals surface area contributed by atoms with Crippen LogP contribution in [-0.4, -0.2) is 89.6 Å². The van der Waals surface area contributed by atoms with Crippen molar-refractivity contribution in [1.82, 2.24) is 25.4 Å². The number of rotatable bonds is 19. The molecule has 1 aromatic heterocycles. The highest BCUT2D eigenvalue weighted by molar-refractivity contribution is 7.09. The first-order valence-electron chi connectivity index (χ1n) is 18.7. The first-order chi connectivity index (χ1) is 24.5. The molecule has 11 nitrogen and oxygen atoms in total. The lowest BCUT2D eigenvalue weighted by atomic mass is 9.80. The van der Waals surface area contributed by atoms with Crippen LogP contribution in [0, 0.1) is 23.7 Å². The van der Waals surface area contributed by atoms with E-state index in [2.05, 4.69) is 15.5 Å². The van der Waals surface area contributed by atoms with Crippen molar-refractivity contribution in [2.45, 2.75) is 117 Å². The van der Waals surface area contributed by atoms with E-state index < -0.39 is 23.4 Å². The predicted octanol–water partition coefficient (Wildman–Crippen LogP) is 5.84. The number of esters is 1. The van der Waals surface area contributed by atoms with Gasteiger partial charge >= 0.3 is 5.97 Å². The Morgan fingerprint density at radius 3 is 2.29 bits per heavy atom. The van der Waals surface area contributed by atoms with Crippen molar-refractivity contribution in [2.75, 3.05) is 27.7 Å². The van der Waals surface area contributed by atoms with E-state index in [1.807, 2.05) is 72.0 Å². The molecule has 2 aromatic rings. The van der Waals surface area contributed by atoms with Crippen molar-refractivity contribution in [3.8, 4) is 0 Å². The number of benzene rings is 1. The van der Waals surface area contributed by atoms with Crippen LogP contribution in [0.4, 0.5) is 0 Å². The van der Waals surface area contributed by atoms with Gasteiger partial charge < -0.3 is 20.3 Å². The molecule has 1 saturated heterocycles. The molecule has 0 radical (unpaired) electrons. The van der Waals surface area contributed by atoms with Gasteiger partial charge in [-0.25, -0.2) is 4.98 Å². The van der Waals surface area contributed by atoms with E-state index >= 15 is 0 Å². The van der Waals surface area contributed by atoms with E-state index in [-0.39, 0.29) is 65.5 Å². The number of thiazole rings is 1. The fourth-order valence-corrected chi connectivity index (χ4v) is 8.19. The molecule has 3 amide bonds. The van der Waals surface area contributed by atoms with Gasteiger partial charge in [0.05, 0.1) is 24.6 Å². The second kappa shape index (κ2) is 19.4. The maximum absolute atomic E-state index is 14.3. The van der Waals surface area contributed by atoms with E-state index in [1.165, 1.54) is 25.4 Å². The van der Waals surface area contributed by atoms with Crippen LogP contribution in [0.2, 0.25) is 0 Å². The predicted molar refractivity (Wildman–Crippen MR) is 205 cm³/mol. The SMILES string of the molecule is CC[C@H](C)[C@H](CC(=O)[C@@]1(C)CCCN1C)C(=O)N(C)[C@H](C[C@@H](NC(C)=O)c1nc(C(=O)N[C@@H](Cc2ccccc2)C[C@H](C)C(=O)OC)cs1)C(C)C. The first kappa shape index (κ1) is 42.8. The molecule has 288 valence electrons. The maximum Gasteiger partial charge on any atom is 0.308 e. The third-order valence-corrected chi connectivity index (χ3v) is 12.0. The highest BCUT2D eigenvalue weighted by Gasteiger charge is 2.43. The van der Waals surface area contributed by atoms with Gasteiger partial charge in [0.1, 0.15) is 10.7 Å². The normalized spacial score (nSPS) is 19.6. The van der Waals surface area contributed by atoms with E-state index in [4.69, 9.17) is 9.72 Å². The molecule has 1 aliphatic heterocycles. The van der Waals surface area contributed by atoms with E-state index in [9.17, 15) is 24.0 Å². The molecule has 1 aromatic carbocycles. The van der Waals surface area contributed by atoms with E-state index in [0.29, 0.717) is 24.3 Å². The highest BCUT2D eigenvalue weighted by atomic mass is 32.1. The van der Waals surface area contributed by atoms with Gasteiger partial charge in [-0.1, -0.05) is 71.4 Å². The quantitative estimate of drug-likeness (QED) is 0.172. The highest BCUT2D eigenvalue weighted by Crippen LogP contribution is 2.34. The average molecular weight is 740 g/mol. The minimum absolute atomic E-state index is 0.00881. The molecule has 7 atom stereocenters. The molecule has 0 saturated carbocycles. The molecular formula is C40H61N5O6S. The summed E-state index contributed by atoms with van der Waals surface area (Å²) < 4.78 is 4.93. The number of hydrogen-bond donors (Lipinski definition) is 2. The molecule has 3 rings (SSSR count). The van der Waals surface area contributed by atoms with Crippen LogP contribution < -0.4 is 10.6 Å². The Morgan fingerprint density at radius 1 is 1.06 bits per heavy atom. The van der Waals surface area contributed by atoms with Crippen molar-refractivity contribution >= 4 is 40.8 Å². The number of methoxy groups -OCH3 is 1. The third kappa shape index (κ3) is 11.2. The minimum atomic E-state index is -0.561. The summed E-state index contributed by atoms with van der Waals surface area (Å²) in [6.45, 7) is 14.2. The number of carbonyl (C=O) groups excluding carboxylic acids is 5. The fourth-order valence-electron chi connectivity index (χ4n) is 7.32.